The average Bonchev–Trinajstić information content (AvgIpc) is 3.13. The number of aromatic nitrogens is 1. The Morgan fingerprint density at radius 2 is 1.64 bits per heavy atom. The molecule has 1 aromatic heterocycles. The molecule has 0 saturated carbocycles. The molecule has 2 saturated heterocycles. The summed E-state index contributed by atoms with van der Waals surface area (Å²) in [5.41, 5.74) is 3.97. The fourth-order valence-corrected chi connectivity index (χ4v) is 4.09. The molecule has 2 aromatic rings. The van der Waals surface area contributed by atoms with Crippen molar-refractivity contribution in [2.24, 2.45) is 0 Å². The lowest BCUT2D eigenvalue weighted by molar-refractivity contribution is -0.134. The van der Waals surface area contributed by atoms with Crippen LogP contribution in [0.5, 0.6) is 0 Å². The Kier molecular flexibility index (Phi) is 5.37. The Morgan fingerprint density at radius 1 is 0.964 bits per heavy atom. The van der Waals surface area contributed by atoms with Crippen molar-refractivity contribution in [3.05, 3.63) is 35.0 Å². The van der Waals surface area contributed by atoms with Crippen LogP contribution in [0.15, 0.2) is 18.2 Å². The number of hydrogen-bond donors (Lipinski definition) is 1. The third-order valence-electron chi connectivity index (χ3n) is 5.70. The number of nitrogens with one attached hydrogen (secondary N) is 1. The minimum absolute atomic E-state index is 0.00790. The number of carbonyl (C=O) groups is 2. The van der Waals surface area contributed by atoms with Crippen molar-refractivity contribution in [1.29, 1.82) is 0 Å². The lowest BCUT2D eigenvalue weighted by Gasteiger charge is -2.36. The highest BCUT2D eigenvalue weighted by Gasteiger charge is 2.27. The van der Waals surface area contributed by atoms with E-state index in [0.717, 1.165) is 24.0 Å². The molecule has 2 aliphatic rings. The van der Waals surface area contributed by atoms with E-state index in [1.165, 1.54) is 11.1 Å². The summed E-state index contributed by atoms with van der Waals surface area (Å²) in [6.45, 7) is 9.89. The smallest absolute Gasteiger partial charge is 0.270 e. The monoisotopic (exact) mass is 384 g/mol. The number of benzene rings is 1. The van der Waals surface area contributed by atoms with Crippen LogP contribution in [0.25, 0.3) is 10.9 Å². The van der Waals surface area contributed by atoms with Gasteiger partial charge >= 0.3 is 0 Å². The number of piperazine rings is 1. The summed E-state index contributed by atoms with van der Waals surface area (Å²) in [5.74, 6) is 0.152. The van der Waals surface area contributed by atoms with Gasteiger partial charge in [-0.2, -0.15) is 0 Å². The first-order valence-electron chi connectivity index (χ1n) is 9.98. The molecule has 3 heterocycles. The summed E-state index contributed by atoms with van der Waals surface area (Å²) < 4.78 is 5.33. The molecule has 150 valence electrons. The summed E-state index contributed by atoms with van der Waals surface area (Å²) >= 11 is 0. The van der Waals surface area contributed by atoms with E-state index in [2.05, 4.69) is 35.9 Å². The molecule has 2 amide bonds. The van der Waals surface area contributed by atoms with Gasteiger partial charge in [-0.05, 0) is 37.1 Å². The first kappa shape index (κ1) is 19.0. The zero-order chi connectivity index (χ0) is 19.7. The number of aryl methyl sites for hydroxylation is 2. The van der Waals surface area contributed by atoms with Crippen LogP contribution in [0.2, 0.25) is 0 Å². The molecule has 28 heavy (non-hydrogen) atoms. The van der Waals surface area contributed by atoms with E-state index in [4.69, 9.17) is 4.74 Å². The molecule has 2 fully saturated rings. The maximum absolute atomic E-state index is 12.9. The summed E-state index contributed by atoms with van der Waals surface area (Å²) in [5, 5.41) is 1.09. The minimum Gasteiger partial charge on any atom is -0.379 e. The van der Waals surface area contributed by atoms with E-state index >= 15 is 0 Å². The number of morpholine rings is 1. The maximum Gasteiger partial charge on any atom is 0.270 e. The van der Waals surface area contributed by atoms with Crippen molar-refractivity contribution < 1.29 is 14.3 Å². The number of H-pyrrole nitrogens is 1. The second kappa shape index (κ2) is 7.93. The van der Waals surface area contributed by atoms with E-state index in [1.54, 1.807) is 0 Å². The van der Waals surface area contributed by atoms with Gasteiger partial charge in [0.2, 0.25) is 5.91 Å². The quantitative estimate of drug-likeness (QED) is 0.869. The van der Waals surface area contributed by atoms with Gasteiger partial charge in [-0.25, -0.2) is 0 Å². The van der Waals surface area contributed by atoms with Crippen molar-refractivity contribution in [2.45, 2.75) is 13.8 Å². The summed E-state index contributed by atoms with van der Waals surface area (Å²) in [4.78, 5) is 34.6. The highest BCUT2D eigenvalue weighted by Crippen LogP contribution is 2.22. The number of ether oxygens (including phenoxy) is 1. The number of carbonyl (C=O) groups excluding carboxylic acids is 2. The van der Waals surface area contributed by atoms with Gasteiger partial charge in [0.1, 0.15) is 5.69 Å². The van der Waals surface area contributed by atoms with E-state index < -0.39 is 0 Å². The highest BCUT2D eigenvalue weighted by molar-refractivity contribution is 5.99. The Balaban J connectivity index is 1.36. The van der Waals surface area contributed by atoms with Crippen LogP contribution in [-0.4, -0.2) is 90.5 Å². The molecule has 1 N–H and O–H groups in total. The van der Waals surface area contributed by atoms with Crippen LogP contribution in [0.1, 0.15) is 21.6 Å². The first-order chi connectivity index (χ1) is 13.5. The van der Waals surface area contributed by atoms with Crippen LogP contribution in [0, 0.1) is 13.8 Å². The minimum atomic E-state index is 0.00790. The Hall–Kier alpha value is -2.38. The number of amides is 2. The van der Waals surface area contributed by atoms with Gasteiger partial charge < -0.3 is 19.5 Å². The van der Waals surface area contributed by atoms with E-state index in [-0.39, 0.29) is 11.8 Å². The van der Waals surface area contributed by atoms with Crippen molar-refractivity contribution >= 4 is 22.7 Å². The van der Waals surface area contributed by atoms with Crippen LogP contribution in [-0.2, 0) is 9.53 Å². The van der Waals surface area contributed by atoms with Crippen LogP contribution >= 0.6 is 0 Å². The fourth-order valence-electron chi connectivity index (χ4n) is 4.09. The normalized spacial score (nSPS) is 18.6. The Bertz CT molecular complexity index is 877. The molecule has 7 heteroatoms. The second-order valence-electron chi connectivity index (χ2n) is 7.79. The number of fused-ring (bicyclic) bond motifs is 1. The standard InChI is InChI=1S/C21H28N4O3/c1-15-11-16(2)17-13-19(22-18(17)12-15)21(27)25-5-3-24(4-6-25)20(26)14-23-7-9-28-10-8-23/h11-13,22H,3-10,14H2,1-2H3. The topological polar surface area (TPSA) is 68.9 Å². The molecule has 0 aliphatic carbocycles. The molecule has 1 aromatic carbocycles. The molecule has 2 aliphatic heterocycles. The third-order valence-corrected chi connectivity index (χ3v) is 5.70. The number of nitrogens with zero attached hydrogens (tertiary/aromatic N) is 3. The van der Waals surface area contributed by atoms with Crippen molar-refractivity contribution in [3.8, 4) is 0 Å². The fraction of sp³-hybridized carbons (Fsp3) is 0.524. The third kappa shape index (κ3) is 3.91. The van der Waals surface area contributed by atoms with Gasteiger partial charge in [0.25, 0.3) is 5.91 Å². The lowest BCUT2D eigenvalue weighted by atomic mass is 10.1. The van der Waals surface area contributed by atoms with Gasteiger partial charge in [-0.1, -0.05) is 6.07 Å². The molecular formula is C21H28N4O3. The Morgan fingerprint density at radius 3 is 2.36 bits per heavy atom. The number of rotatable bonds is 3. The van der Waals surface area contributed by atoms with Gasteiger partial charge in [0.05, 0.1) is 19.8 Å². The van der Waals surface area contributed by atoms with E-state index in [9.17, 15) is 9.59 Å². The van der Waals surface area contributed by atoms with Crippen molar-refractivity contribution in [2.75, 3.05) is 59.0 Å². The van der Waals surface area contributed by atoms with Crippen molar-refractivity contribution in [3.63, 3.8) is 0 Å². The number of aromatic amines is 1. The maximum atomic E-state index is 12.9. The molecule has 0 unspecified atom stereocenters. The predicted molar refractivity (Wildman–Crippen MR) is 108 cm³/mol. The molecule has 0 atom stereocenters. The molecule has 4 rings (SSSR count). The molecular weight excluding hydrogens is 356 g/mol. The molecule has 0 spiro atoms. The number of hydrogen-bond acceptors (Lipinski definition) is 4. The molecule has 0 radical (unpaired) electrons. The highest BCUT2D eigenvalue weighted by atomic mass is 16.5. The largest absolute Gasteiger partial charge is 0.379 e. The van der Waals surface area contributed by atoms with Crippen LogP contribution in [0.3, 0.4) is 0 Å². The van der Waals surface area contributed by atoms with Gasteiger partial charge in [-0.15, -0.1) is 0 Å². The zero-order valence-corrected chi connectivity index (χ0v) is 16.7. The Labute approximate surface area is 165 Å². The molecule has 0 bridgehead atoms. The summed E-state index contributed by atoms with van der Waals surface area (Å²) in [6, 6.07) is 6.15. The predicted octanol–water partition coefficient (Wildman–Crippen LogP) is 1.40. The van der Waals surface area contributed by atoms with Crippen LogP contribution in [0.4, 0.5) is 0 Å². The summed E-state index contributed by atoms with van der Waals surface area (Å²) in [7, 11) is 0. The zero-order valence-electron chi connectivity index (χ0n) is 16.7. The van der Waals surface area contributed by atoms with Gasteiger partial charge in [-0.3, -0.25) is 14.5 Å². The second-order valence-corrected chi connectivity index (χ2v) is 7.79. The van der Waals surface area contributed by atoms with Gasteiger partial charge in [0.15, 0.2) is 0 Å². The first-order valence-corrected chi connectivity index (χ1v) is 9.98. The SMILES string of the molecule is Cc1cc(C)c2cc(C(=O)N3CCN(C(=O)CN4CCOCC4)CC3)[nH]c2c1. The van der Waals surface area contributed by atoms with E-state index in [0.29, 0.717) is 51.6 Å². The molecule has 7 nitrogen and oxygen atoms in total. The van der Waals surface area contributed by atoms with Crippen molar-refractivity contribution in [1.82, 2.24) is 19.7 Å². The van der Waals surface area contributed by atoms with Gasteiger partial charge in [0, 0.05) is 50.2 Å². The van der Waals surface area contributed by atoms with Crippen LogP contribution < -0.4 is 0 Å². The van der Waals surface area contributed by atoms with E-state index in [1.807, 2.05) is 15.9 Å². The summed E-state index contributed by atoms with van der Waals surface area (Å²) in [6.07, 6.45) is 0. The lowest BCUT2D eigenvalue weighted by Crippen LogP contribution is -2.53. The average molecular weight is 384 g/mol.